The first-order chi connectivity index (χ1) is 10.9. The number of amides is 1. The first kappa shape index (κ1) is 16.7. The van der Waals surface area contributed by atoms with E-state index < -0.39 is 9.84 Å². The Hall–Kier alpha value is -1.19. The Labute approximate surface area is 140 Å². The topological polar surface area (TPSA) is 73.8 Å². The lowest BCUT2D eigenvalue weighted by atomic mass is 10.2. The highest BCUT2D eigenvalue weighted by Gasteiger charge is 2.33. The van der Waals surface area contributed by atoms with E-state index in [1.54, 1.807) is 29.5 Å². The van der Waals surface area contributed by atoms with E-state index in [0.29, 0.717) is 13.0 Å². The van der Waals surface area contributed by atoms with E-state index in [1.165, 1.54) is 0 Å². The Balaban J connectivity index is 1.47. The number of likely N-dealkylation sites (N-methyl/N-ethyl adjacent to an activating group) is 1. The molecule has 2 saturated heterocycles. The Bertz CT molecular complexity index is 639. The highest BCUT2D eigenvalue weighted by atomic mass is 32.2. The summed E-state index contributed by atoms with van der Waals surface area (Å²) in [6, 6.07) is -0.163. The van der Waals surface area contributed by atoms with Crippen LogP contribution in [0.25, 0.3) is 0 Å². The van der Waals surface area contributed by atoms with Crippen LogP contribution < -0.4 is 4.90 Å². The van der Waals surface area contributed by atoms with Crippen LogP contribution in [-0.2, 0) is 14.6 Å². The molecular formula is C14H22N4O3S2. The first-order valence-corrected chi connectivity index (χ1v) is 10.5. The maximum atomic E-state index is 12.4. The van der Waals surface area contributed by atoms with Gasteiger partial charge in [-0.15, -0.1) is 11.3 Å². The zero-order valence-corrected chi connectivity index (χ0v) is 14.9. The SMILES string of the molecule is CN(C(=O)CN1CCN(c2nccs2)CC1)[C@H]1CCS(=O)(=O)C1. The van der Waals surface area contributed by atoms with Crippen LogP contribution >= 0.6 is 11.3 Å². The van der Waals surface area contributed by atoms with Crippen molar-refractivity contribution < 1.29 is 13.2 Å². The van der Waals surface area contributed by atoms with Gasteiger partial charge in [0.2, 0.25) is 5.91 Å². The molecule has 0 radical (unpaired) electrons. The van der Waals surface area contributed by atoms with Crippen molar-refractivity contribution in [2.24, 2.45) is 0 Å². The van der Waals surface area contributed by atoms with Gasteiger partial charge in [-0.3, -0.25) is 9.69 Å². The molecule has 2 aliphatic heterocycles. The van der Waals surface area contributed by atoms with Gasteiger partial charge in [0.25, 0.3) is 0 Å². The van der Waals surface area contributed by atoms with Crippen LogP contribution in [-0.4, -0.2) is 86.4 Å². The van der Waals surface area contributed by atoms with Crippen molar-refractivity contribution in [3.8, 4) is 0 Å². The first-order valence-electron chi connectivity index (χ1n) is 7.77. The summed E-state index contributed by atoms with van der Waals surface area (Å²) >= 11 is 1.63. The van der Waals surface area contributed by atoms with Gasteiger partial charge in [-0.1, -0.05) is 0 Å². The highest BCUT2D eigenvalue weighted by molar-refractivity contribution is 7.91. The van der Waals surface area contributed by atoms with Gasteiger partial charge in [0.15, 0.2) is 15.0 Å². The summed E-state index contributed by atoms with van der Waals surface area (Å²) in [7, 11) is -1.24. The lowest BCUT2D eigenvalue weighted by molar-refractivity contribution is -0.132. The molecule has 7 nitrogen and oxygen atoms in total. The normalized spacial score (nSPS) is 24.7. The molecule has 1 atom stereocenters. The van der Waals surface area contributed by atoms with Gasteiger partial charge in [-0.05, 0) is 6.42 Å². The third-order valence-corrected chi connectivity index (χ3v) is 7.15. The van der Waals surface area contributed by atoms with Crippen LogP contribution in [0.1, 0.15) is 6.42 Å². The van der Waals surface area contributed by atoms with Crippen molar-refractivity contribution in [3.63, 3.8) is 0 Å². The van der Waals surface area contributed by atoms with E-state index in [-0.39, 0.29) is 23.5 Å². The highest BCUT2D eigenvalue weighted by Crippen LogP contribution is 2.19. The lowest BCUT2D eigenvalue weighted by Crippen LogP contribution is -2.51. The molecule has 0 N–H and O–H groups in total. The number of carbonyl (C=O) groups is 1. The number of hydrogen-bond acceptors (Lipinski definition) is 7. The third kappa shape index (κ3) is 4.02. The Morgan fingerprint density at radius 1 is 1.39 bits per heavy atom. The molecule has 2 aliphatic rings. The molecule has 0 unspecified atom stereocenters. The summed E-state index contributed by atoms with van der Waals surface area (Å²) in [6.45, 7) is 3.73. The van der Waals surface area contributed by atoms with E-state index in [9.17, 15) is 13.2 Å². The van der Waals surface area contributed by atoms with Crippen LogP contribution in [0.15, 0.2) is 11.6 Å². The monoisotopic (exact) mass is 358 g/mol. The Morgan fingerprint density at radius 3 is 2.70 bits per heavy atom. The molecule has 3 heterocycles. The summed E-state index contributed by atoms with van der Waals surface area (Å²) in [5.41, 5.74) is 0. The fourth-order valence-electron chi connectivity index (χ4n) is 3.06. The molecule has 1 amide bonds. The van der Waals surface area contributed by atoms with Gasteiger partial charge in [0.1, 0.15) is 0 Å². The fraction of sp³-hybridized carbons (Fsp3) is 0.714. The average Bonchev–Trinajstić information content (AvgIpc) is 3.16. The zero-order chi connectivity index (χ0) is 16.4. The van der Waals surface area contributed by atoms with Crippen molar-refractivity contribution >= 4 is 32.2 Å². The van der Waals surface area contributed by atoms with Crippen LogP contribution in [0.3, 0.4) is 0 Å². The molecule has 1 aromatic heterocycles. The summed E-state index contributed by atoms with van der Waals surface area (Å²) in [5.74, 6) is 0.310. The summed E-state index contributed by atoms with van der Waals surface area (Å²) in [5, 5.41) is 3.00. The van der Waals surface area contributed by atoms with E-state index in [1.807, 2.05) is 5.38 Å². The maximum absolute atomic E-state index is 12.4. The minimum absolute atomic E-state index is 0.00907. The summed E-state index contributed by atoms with van der Waals surface area (Å²) in [6.07, 6.45) is 2.36. The predicted octanol–water partition coefficient (Wildman–Crippen LogP) is -0.0894. The van der Waals surface area contributed by atoms with Crippen LogP contribution in [0.2, 0.25) is 0 Å². The van der Waals surface area contributed by atoms with Crippen molar-refractivity contribution in [2.45, 2.75) is 12.5 Å². The van der Waals surface area contributed by atoms with Crippen molar-refractivity contribution in [1.82, 2.24) is 14.8 Å². The number of sulfone groups is 1. The van der Waals surface area contributed by atoms with Crippen LogP contribution in [0.5, 0.6) is 0 Å². The summed E-state index contributed by atoms with van der Waals surface area (Å²) < 4.78 is 23.1. The van der Waals surface area contributed by atoms with Gasteiger partial charge in [0, 0.05) is 50.8 Å². The molecule has 1 aromatic rings. The van der Waals surface area contributed by atoms with Crippen molar-refractivity contribution in [2.75, 3.05) is 56.2 Å². The quantitative estimate of drug-likeness (QED) is 0.749. The minimum Gasteiger partial charge on any atom is -0.346 e. The van der Waals surface area contributed by atoms with Crippen LogP contribution in [0.4, 0.5) is 5.13 Å². The molecule has 9 heteroatoms. The standard InChI is InChI=1S/C14H22N4O3S2/c1-16(12-2-9-23(20,21)11-12)13(19)10-17-4-6-18(7-5-17)14-15-3-8-22-14/h3,8,12H,2,4-7,9-11H2,1H3/t12-/m0/s1. The number of rotatable bonds is 4. The second kappa shape index (κ2) is 6.74. The molecular weight excluding hydrogens is 336 g/mol. The third-order valence-electron chi connectivity index (χ3n) is 4.57. The molecule has 23 heavy (non-hydrogen) atoms. The number of piperazine rings is 1. The average molecular weight is 358 g/mol. The molecule has 3 rings (SSSR count). The number of anilines is 1. The number of carbonyl (C=O) groups excluding carboxylic acids is 1. The van der Waals surface area contributed by atoms with E-state index in [0.717, 1.165) is 31.3 Å². The van der Waals surface area contributed by atoms with Gasteiger partial charge in [0.05, 0.1) is 18.1 Å². The fourth-order valence-corrected chi connectivity index (χ4v) is 5.53. The van der Waals surface area contributed by atoms with Crippen molar-refractivity contribution in [1.29, 1.82) is 0 Å². The van der Waals surface area contributed by atoms with E-state index in [4.69, 9.17) is 0 Å². The van der Waals surface area contributed by atoms with Crippen LogP contribution in [0, 0.1) is 0 Å². The second-order valence-electron chi connectivity index (χ2n) is 6.14. The molecule has 0 aliphatic carbocycles. The van der Waals surface area contributed by atoms with Gasteiger partial charge >= 0.3 is 0 Å². The molecule has 0 saturated carbocycles. The number of nitrogens with zero attached hydrogens (tertiary/aromatic N) is 4. The van der Waals surface area contributed by atoms with Crippen molar-refractivity contribution in [3.05, 3.63) is 11.6 Å². The zero-order valence-electron chi connectivity index (χ0n) is 13.2. The van der Waals surface area contributed by atoms with Gasteiger partial charge < -0.3 is 9.80 Å². The lowest BCUT2D eigenvalue weighted by Gasteiger charge is -2.35. The minimum atomic E-state index is -2.96. The van der Waals surface area contributed by atoms with E-state index in [2.05, 4.69) is 14.8 Å². The van der Waals surface area contributed by atoms with Gasteiger partial charge in [-0.2, -0.15) is 0 Å². The molecule has 128 valence electrons. The number of hydrogen-bond donors (Lipinski definition) is 0. The Morgan fingerprint density at radius 2 is 2.13 bits per heavy atom. The van der Waals surface area contributed by atoms with E-state index >= 15 is 0 Å². The molecule has 2 fully saturated rings. The maximum Gasteiger partial charge on any atom is 0.236 e. The smallest absolute Gasteiger partial charge is 0.236 e. The molecule has 0 spiro atoms. The summed E-state index contributed by atoms with van der Waals surface area (Å²) in [4.78, 5) is 22.7. The largest absolute Gasteiger partial charge is 0.346 e. The molecule has 0 bridgehead atoms. The predicted molar refractivity (Wildman–Crippen MR) is 90.6 cm³/mol. The second-order valence-corrected chi connectivity index (χ2v) is 9.24. The number of aromatic nitrogens is 1. The Kier molecular flexibility index (Phi) is 4.88. The molecule has 0 aromatic carbocycles. The van der Waals surface area contributed by atoms with Gasteiger partial charge in [-0.25, -0.2) is 13.4 Å². The number of thiazole rings is 1.